The maximum Gasteiger partial charge on any atom is 0.226 e. The van der Waals surface area contributed by atoms with Gasteiger partial charge in [0.2, 0.25) is 11.8 Å². The van der Waals surface area contributed by atoms with Gasteiger partial charge >= 0.3 is 0 Å². The van der Waals surface area contributed by atoms with Crippen LogP contribution in [-0.4, -0.2) is 16.5 Å². The van der Waals surface area contributed by atoms with E-state index in [2.05, 4.69) is 15.3 Å². The van der Waals surface area contributed by atoms with E-state index in [4.69, 9.17) is 27.9 Å². The first-order valence-electron chi connectivity index (χ1n) is 5.80. The van der Waals surface area contributed by atoms with E-state index in [-0.39, 0.29) is 0 Å². The number of nitrogens with one attached hydrogen (secondary N) is 1. The summed E-state index contributed by atoms with van der Waals surface area (Å²) in [6, 6.07) is 6.75. The highest BCUT2D eigenvalue weighted by Gasteiger charge is 2.05. The third-order valence-corrected chi connectivity index (χ3v) is 2.66. The number of hydrogen-bond donors (Lipinski definition) is 1. The van der Waals surface area contributed by atoms with Gasteiger partial charge in [-0.05, 0) is 32.0 Å². The molecule has 0 unspecified atom stereocenters. The predicted octanol–water partition coefficient (Wildman–Crippen LogP) is 4.32. The molecule has 0 amide bonds. The van der Waals surface area contributed by atoms with Gasteiger partial charge in [0.15, 0.2) is 0 Å². The number of anilines is 1. The molecule has 0 saturated heterocycles. The first kappa shape index (κ1) is 13.9. The van der Waals surface area contributed by atoms with Gasteiger partial charge in [-0.15, -0.1) is 0 Å². The molecule has 2 aromatic rings. The zero-order valence-electron chi connectivity index (χ0n) is 10.6. The summed E-state index contributed by atoms with van der Waals surface area (Å²) >= 11 is 11.8. The highest BCUT2D eigenvalue weighted by molar-refractivity contribution is 6.34. The number of ether oxygens (including phenoxy) is 1. The fourth-order valence-electron chi connectivity index (χ4n) is 1.54. The van der Waals surface area contributed by atoms with Gasteiger partial charge in [-0.3, -0.25) is 0 Å². The molecule has 0 saturated carbocycles. The summed E-state index contributed by atoms with van der Waals surface area (Å²) in [4.78, 5) is 8.49. The van der Waals surface area contributed by atoms with E-state index in [9.17, 15) is 0 Å². The Morgan fingerprint density at radius 2 is 1.79 bits per heavy atom. The van der Waals surface area contributed by atoms with Gasteiger partial charge in [-0.1, -0.05) is 23.2 Å². The second kappa shape index (κ2) is 6.08. The van der Waals surface area contributed by atoms with E-state index < -0.39 is 0 Å². The number of hydrogen-bond acceptors (Lipinski definition) is 4. The third-order valence-electron chi connectivity index (χ3n) is 2.22. The van der Waals surface area contributed by atoms with Gasteiger partial charge in [-0.2, -0.15) is 4.98 Å². The van der Waals surface area contributed by atoms with Crippen LogP contribution in [0.5, 0.6) is 11.6 Å². The number of rotatable bonds is 4. The molecular weight excluding hydrogens is 285 g/mol. The first-order valence-corrected chi connectivity index (χ1v) is 6.56. The normalized spacial score (nSPS) is 10.3. The third kappa shape index (κ3) is 3.98. The van der Waals surface area contributed by atoms with Crippen LogP contribution < -0.4 is 10.1 Å². The van der Waals surface area contributed by atoms with Crippen molar-refractivity contribution in [1.29, 1.82) is 0 Å². The lowest BCUT2D eigenvalue weighted by atomic mass is 10.3. The molecule has 4 nitrogen and oxygen atoms in total. The zero-order chi connectivity index (χ0) is 13.8. The van der Waals surface area contributed by atoms with Crippen molar-refractivity contribution >= 4 is 29.2 Å². The van der Waals surface area contributed by atoms with Crippen LogP contribution in [0.2, 0.25) is 10.0 Å². The van der Waals surface area contributed by atoms with Gasteiger partial charge < -0.3 is 10.1 Å². The van der Waals surface area contributed by atoms with Gasteiger partial charge in [0.1, 0.15) is 5.75 Å². The Labute approximate surface area is 121 Å². The second-order valence-electron chi connectivity index (χ2n) is 3.91. The van der Waals surface area contributed by atoms with Crippen molar-refractivity contribution in [3.63, 3.8) is 0 Å². The minimum atomic E-state index is 0.446. The summed E-state index contributed by atoms with van der Waals surface area (Å²) in [5.41, 5.74) is 0.814. The highest BCUT2D eigenvalue weighted by Crippen LogP contribution is 2.28. The molecule has 1 heterocycles. The van der Waals surface area contributed by atoms with Crippen LogP contribution in [0.1, 0.15) is 12.6 Å². The van der Waals surface area contributed by atoms with E-state index in [1.165, 1.54) is 0 Å². The minimum absolute atomic E-state index is 0.446. The monoisotopic (exact) mass is 297 g/mol. The van der Waals surface area contributed by atoms with E-state index in [0.717, 1.165) is 12.2 Å². The first-order chi connectivity index (χ1) is 9.06. The topological polar surface area (TPSA) is 47.0 Å². The largest absolute Gasteiger partial charge is 0.439 e. The molecule has 19 heavy (non-hydrogen) atoms. The molecule has 100 valence electrons. The van der Waals surface area contributed by atoms with Crippen LogP contribution in [0.25, 0.3) is 0 Å². The van der Waals surface area contributed by atoms with Gasteiger partial charge in [0, 0.05) is 28.4 Å². The summed E-state index contributed by atoms with van der Waals surface area (Å²) in [7, 11) is 0. The Bertz CT molecular complexity index is 570. The van der Waals surface area contributed by atoms with Gasteiger partial charge in [0.25, 0.3) is 0 Å². The van der Waals surface area contributed by atoms with E-state index in [0.29, 0.717) is 27.6 Å². The molecule has 0 fully saturated rings. The zero-order valence-corrected chi connectivity index (χ0v) is 12.1. The summed E-state index contributed by atoms with van der Waals surface area (Å²) in [6.45, 7) is 4.59. The van der Waals surface area contributed by atoms with Crippen LogP contribution in [0.3, 0.4) is 0 Å². The predicted molar refractivity (Wildman–Crippen MR) is 77.5 cm³/mol. The fourth-order valence-corrected chi connectivity index (χ4v) is 2.04. The molecule has 0 bridgehead atoms. The lowest BCUT2D eigenvalue weighted by molar-refractivity contribution is 0.461. The Morgan fingerprint density at radius 1 is 1.11 bits per heavy atom. The molecule has 0 atom stereocenters. The number of aromatic nitrogens is 2. The van der Waals surface area contributed by atoms with Crippen LogP contribution in [0.15, 0.2) is 24.3 Å². The molecule has 0 spiro atoms. The van der Waals surface area contributed by atoms with Crippen LogP contribution in [-0.2, 0) is 0 Å². The number of nitrogens with zero attached hydrogens (tertiary/aromatic N) is 2. The molecule has 1 aromatic heterocycles. The maximum atomic E-state index is 5.92. The van der Waals surface area contributed by atoms with Crippen LogP contribution in [0.4, 0.5) is 5.95 Å². The number of aryl methyl sites for hydroxylation is 1. The lowest BCUT2D eigenvalue weighted by Gasteiger charge is -2.08. The van der Waals surface area contributed by atoms with E-state index >= 15 is 0 Å². The fraction of sp³-hybridized carbons (Fsp3) is 0.231. The molecular formula is C13H13Cl2N3O. The second-order valence-corrected chi connectivity index (χ2v) is 4.78. The molecule has 0 radical (unpaired) electrons. The Kier molecular flexibility index (Phi) is 4.45. The van der Waals surface area contributed by atoms with Crippen molar-refractivity contribution in [1.82, 2.24) is 9.97 Å². The van der Waals surface area contributed by atoms with Crippen molar-refractivity contribution in [2.24, 2.45) is 0 Å². The molecule has 1 aromatic carbocycles. The summed E-state index contributed by atoms with van der Waals surface area (Å²) in [5.74, 6) is 1.52. The van der Waals surface area contributed by atoms with E-state index in [1.807, 2.05) is 13.8 Å². The van der Waals surface area contributed by atoms with E-state index in [1.54, 1.807) is 24.3 Å². The molecule has 0 aliphatic carbocycles. The Morgan fingerprint density at radius 3 is 2.42 bits per heavy atom. The van der Waals surface area contributed by atoms with Crippen molar-refractivity contribution in [2.75, 3.05) is 11.9 Å². The minimum Gasteiger partial charge on any atom is -0.439 e. The molecule has 0 aliphatic rings. The molecule has 0 aliphatic heterocycles. The smallest absolute Gasteiger partial charge is 0.226 e. The molecule has 6 heteroatoms. The Hall–Kier alpha value is -1.52. The van der Waals surface area contributed by atoms with Crippen LogP contribution in [0, 0.1) is 6.92 Å². The standard InChI is InChI=1S/C13H13Cl2N3O/c1-3-16-13-17-8(2)4-12(18-13)19-11-6-9(14)5-10(15)7-11/h4-7H,3H2,1-2H3,(H,16,17,18). The highest BCUT2D eigenvalue weighted by atomic mass is 35.5. The molecule has 2 rings (SSSR count). The Balaban J connectivity index is 2.27. The van der Waals surface area contributed by atoms with Crippen LogP contribution >= 0.6 is 23.2 Å². The average Bonchev–Trinajstić information content (AvgIpc) is 2.26. The summed E-state index contributed by atoms with van der Waals surface area (Å²) in [5, 5.41) is 4.07. The average molecular weight is 298 g/mol. The number of benzene rings is 1. The van der Waals surface area contributed by atoms with Gasteiger partial charge in [-0.25, -0.2) is 4.98 Å². The van der Waals surface area contributed by atoms with Crippen molar-refractivity contribution < 1.29 is 4.74 Å². The summed E-state index contributed by atoms with van der Waals surface area (Å²) < 4.78 is 5.65. The number of halogens is 2. The lowest BCUT2D eigenvalue weighted by Crippen LogP contribution is -2.03. The maximum absolute atomic E-state index is 5.92. The van der Waals surface area contributed by atoms with Crippen molar-refractivity contribution in [2.45, 2.75) is 13.8 Å². The quantitative estimate of drug-likeness (QED) is 0.913. The van der Waals surface area contributed by atoms with Crippen molar-refractivity contribution in [3.8, 4) is 11.6 Å². The van der Waals surface area contributed by atoms with Gasteiger partial charge in [0.05, 0.1) is 0 Å². The summed E-state index contributed by atoms with van der Waals surface area (Å²) in [6.07, 6.45) is 0. The molecule has 1 N–H and O–H groups in total. The van der Waals surface area contributed by atoms with Crippen molar-refractivity contribution in [3.05, 3.63) is 40.0 Å². The SMILES string of the molecule is CCNc1nc(C)cc(Oc2cc(Cl)cc(Cl)c2)n1.